The molecule has 0 spiro atoms. The van der Waals surface area contributed by atoms with Gasteiger partial charge in [-0.2, -0.15) is 40.2 Å². The number of benzene rings is 3. The molecule has 0 saturated heterocycles. The number of para-hydroxylation sites is 1. The smallest absolute Gasteiger partial charge is 0.257 e. The maximum atomic E-state index is 14.3. The molecule has 0 amide bonds. The van der Waals surface area contributed by atoms with Crippen molar-refractivity contribution in [2.24, 2.45) is 5.10 Å². The van der Waals surface area contributed by atoms with Gasteiger partial charge in [0.15, 0.2) is 0 Å². The predicted octanol–water partition coefficient (Wildman–Crippen LogP) is 8.60. The van der Waals surface area contributed by atoms with Crippen molar-refractivity contribution in [3.8, 4) is 11.1 Å². The first-order valence-corrected chi connectivity index (χ1v) is 11.8. The highest BCUT2D eigenvalue weighted by molar-refractivity contribution is 7.98. The van der Waals surface area contributed by atoms with E-state index in [2.05, 4.69) is 5.10 Å². The molecule has 0 aliphatic carbocycles. The van der Waals surface area contributed by atoms with Crippen molar-refractivity contribution in [1.82, 2.24) is 0 Å². The van der Waals surface area contributed by atoms with Crippen LogP contribution >= 0.6 is 11.8 Å². The highest BCUT2D eigenvalue weighted by Crippen LogP contribution is 2.47. The molecule has 0 N–H and O–H groups in total. The van der Waals surface area contributed by atoms with Crippen LogP contribution in [-0.4, -0.2) is 24.1 Å². The SMILES string of the molecule is CSc1ccc(-c2cccc(C3CC(C(F)(F)C(F)(F)F)=NN3c3ccccc3C(F)(F)F)c2)cc1. The van der Waals surface area contributed by atoms with Gasteiger partial charge in [-0.3, -0.25) is 5.01 Å². The van der Waals surface area contributed by atoms with Crippen LogP contribution in [0.25, 0.3) is 11.1 Å². The fourth-order valence-electron chi connectivity index (χ4n) is 3.97. The van der Waals surface area contributed by atoms with Crippen molar-refractivity contribution < 1.29 is 35.1 Å². The molecule has 4 rings (SSSR count). The Morgan fingerprint density at radius 1 is 0.806 bits per heavy atom. The Kier molecular flexibility index (Phi) is 6.80. The van der Waals surface area contributed by atoms with Crippen LogP contribution in [0.1, 0.15) is 23.6 Å². The Morgan fingerprint density at radius 2 is 1.47 bits per heavy atom. The lowest BCUT2D eigenvalue weighted by molar-refractivity contribution is -0.249. The summed E-state index contributed by atoms with van der Waals surface area (Å²) in [4.78, 5) is 0.994. The number of alkyl halides is 8. The summed E-state index contributed by atoms with van der Waals surface area (Å²) in [7, 11) is 0. The molecule has 0 bridgehead atoms. The number of rotatable bonds is 5. The first-order chi connectivity index (χ1) is 16.8. The first kappa shape index (κ1) is 26.0. The number of hydrazone groups is 1. The van der Waals surface area contributed by atoms with Crippen LogP contribution in [0.15, 0.2) is 82.8 Å². The van der Waals surface area contributed by atoms with Crippen molar-refractivity contribution in [3.05, 3.63) is 83.9 Å². The number of thioether (sulfide) groups is 1. The van der Waals surface area contributed by atoms with E-state index in [1.807, 2.05) is 30.5 Å². The van der Waals surface area contributed by atoms with Crippen LogP contribution in [0.5, 0.6) is 0 Å². The van der Waals surface area contributed by atoms with E-state index in [-0.39, 0.29) is 5.56 Å². The zero-order valence-corrected chi connectivity index (χ0v) is 19.4. The molecule has 0 aromatic heterocycles. The standard InChI is InChI=1S/C25H18F8N2S/c1-36-18-11-9-15(10-12-18)16-5-4-6-17(13-16)21-14-22(23(26,27)25(31,32)33)34-35(21)20-8-3-2-7-19(20)24(28,29)30/h2-13,21H,14H2,1H3. The van der Waals surface area contributed by atoms with Crippen molar-refractivity contribution in [2.75, 3.05) is 11.3 Å². The van der Waals surface area contributed by atoms with Gasteiger partial charge in [-0.15, -0.1) is 11.8 Å². The van der Waals surface area contributed by atoms with Gasteiger partial charge in [0.25, 0.3) is 0 Å². The van der Waals surface area contributed by atoms with E-state index in [1.165, 1.54) is 23.9 Å². The predicted molar refractivity (Wildman–Crippen MR) is 123 cm³/mol. The lowest BCUT2D eigenvalue weighted by atomic mass is 9.95. The fraction of sp³-hybridized carbons (Fsp3) is 0.240. The number of hydrogen-bond acceptors (Lipinski definition) is 3. The lowest BCUT2D eigenvalue weighted by Crippen LogP contribution is -2.43. The molecular weight excluding hydrogens is 512 g/mol. The van der Waals surface area contributed by atoms with Gasteiger partial charge in [0.2, 0.25) is 0 Å². The van der Waals surface area contributed by atoms with Crippen LogP contribution in [0.3, 0.4) is 0 Å². The average Bonchev–Trinajstić information content (AvgIpc) is 3.29. The van der Waals surface area contributed by atoms with Gasteiger partial charge in [0.1, 0.15) is 5.71 Å². The molecule has 0 fully saturated rings. The molecule has 0 radical (unpaired) electrons. The van der Waals surface area contributed by atoms with Crippen molar-refractivity contribution in [3.63, 3.8) is 0 Å². The number of nitrogens with zero attached hydrogens (tertiary/aromatic N) is 2. The van der Waals surface area contributed by atoms with Gasteiger partial charge in [0.05, 0.1) is 17.3 Å². The third-order valence-corrected chi connectivity index (χ3v) is 6.52. The van der Waals surface area contributed by atoms with Crippen LogP contribution in [0.4, 0.5) is 40.8 Å². The van der Waals surface area contributed by atoms with Gasteiger partial charge in [-0.25, -0.2) is 0 Å². The molecule has 1 unspecified atom stereocenters. The second-order valence-corrected chi connectivity index (χ2v) is 8.93. The average molecular weight is 530 g/mol. The van der Waals surface area contributed by atoms with E-state index in [1.54, 1.807) is 18.2 Å². The summed E-state index contributed by atoms with van der Waals surface area (Å²) in [6.45, 7) is 0. The zero-order valence-electron chi connectivity index (χ0n) is 18.5. The van der Waals surface area contributed by atoms with Gasteiger partial charge in [-0.05, 0) is 53.3 Å². The van der Waals surface area contributed by atoms with E-state index in [0.717, 1.165) is 28.7 Å². The van der Waals surface area contributed by atoms with Crippen molar-refractivity contribution in [1.29, 1.82) is 0 Å². The topological polar surface area (TPSA) is 15.6 Å². The molecule has 3 aromatic carbocycles. The van der Waals surface area contributed by atoms with E-state index in [4.69, 9.17) is 0 Å². The summed E-state index contributed by atoms with van der Waals surface area (Å²) >= 11 is 1.53. The Hall–Kier alpha value is -3.08. The van der Waals surface area contributed by atoms with Gasteiger partial charge in [0, 0.05) is 11.3 Å². The van der Waals surface area contributed by atoms with Gasteiger partial charge >= 0.3 is 18.3 Å². The highest BCUT2D eigenvalue weighted by atomic mass is 32.2. The van der Waals surface area contributed by atoms with Crippen LogP contribution in [0, 0.1) is 0 Å². The minimum atomic E-state index is -5.95. The number of halogens is 8. The summed E-state index contributed by atoms with van der Waals surface area (Å²) in [5.41, 5.74) is -1.74. The third-order valence-electron chi connectivity index (χ3n) is 5.78. The van der Waals surface area contributed by atoms with E-state index >= 15 is 0 Å². The molecule has 1 aliphatic heterocycles. The summed E-state index contributed by atoms with van der Waals surface area (Å²) in [6.07, 6.45) is -9.84. The lowest BCUT2D eigenvalue weighted by Gasteiger charge is -2.27. The van der Waals surface area contributed by atoms with Gasteiger partial charge in [-0.1, -0.05) is 42.5 Å². The fourth-order valence-corrected chi connectivity index (χ4v) is 4.38. The molecular formula is C25H18F8N2S. The second-order valence-electron chi connectivity index (χ2n) is 8.05. The zero-order chi connectivity index (χ0) is 26.3. The molecule has 1 heterocycles. The number of anilines is 1. The van der Waals surface area contributed by atoms with Crippen LogP contribution in [-0.2, 0) is 6.18 Å². The first-order valence-electron chi connectivity index (χ1n) is 10.6. The Bertz CT molecular complexity index is 1270. The minimum Gasteiger partial charge on any atom is -0.257 e. The van der Waals surface area contributed by atoms with E-state index < -0.39 is 47.7 Å². The maximum Gasteiger partial charge on any atom is 0.459 e. The van der Waals surface area contributed by atoms with Crippen molar-refractivity contribution >= 4 is 23.2 Å². The van der Waals surface area contributed by atoms with Crippen molar-refractivity contribution in [2.45, 2.75) is 35.6 Å². The molecule has 190 valence electrons. The second kappa shape index (κ2) is 9.42. The third kappa shape index (κ3) is 4.93. The summed E-state index contributed by atoms with van der Waals surface area (Å²) in [5.74, 6) is -5.31. The monoisotopic (exact) mass is 530 g/mol. The number of hydrogen-bond donors (Lipinski definition) is 0. The van der Waals surface area contributed by atoms with Crippen LogP contribution in [0.2, 0.25) is 0 Å². The molecule has 1 aliphatic rings. The molecule has 36 heavy (non-hydrogen) atoms. The van der Waals surface area contributed by atoms with Crippen LogP contribution < -0.4 is 5.01 Å². The molecule has 3 aromatic rings. The van der Waals surface area contributed by atoms with E-state index in [9.17, 15) is 35.1 Å². The summed E-state index contributed by atoms with van der Waals surface area (Å²) in [6, 6.07) is 16.4. The molecule has 11 heteroatoms. The minimum absolute atomic E-state index is 0.246. The van der Waals surface area contributed by atoms with E-state index in [0.29, 0.717) is 10.6 Å². The summed E-state index contributed by atoms with van der Waals surface area (Å²) in [5, 5.41) is 4.05. The maximum absolute atomic E-state index is 14.3. The quantitative estimate of drug-likeness (QED) is 0.243. The largest absolute Gasteiger partial charge is 0.459 e. The normalized spacial score (nSPS) is 16.9. The summed E-state index contributed by atoms with van der Waals surface area (Å²) < 4.78 is 109. The highest BCUT2D eigenvalue weighted by Gasteiger charge is 2.63. The Morgan fingerprint density at radius 3 is 2.08 bits per heavy atom. The molecule has 0 saturated carbocycles. The Balaban J connectivity index is 1.82. The Labute approximate surface area is 205 Å². The van der Waals surface area contributed by atoms with Gasteiger partial charge < -0.3 is 0 Å². The molecule has 1 atom stereocenters. The molecule has 2 nitrogen and oxygen atoms in total.